The average molecular weight is 324 g/mol. The molecule has 1 N–H and O–H groups in total. The maximum absolute atomic E-state index is 11.8. The Balaban J connectivity index is 1.86. The number of nitrogens with one attached hydrogen (secondary N) is 1. The number of benzene rings is 1. The van der Waals surface area contributed by atoms with Crippen molar-refractivity contribution in [3.05, 3.63) is 34.8 Å². The first-order valence-corrected chi connectivity index (χ1v) is 8.87. The highest BCUT2D eigenvalue weighted by Gasteiger charge is 2.17. The van der Waals surface area contributed by atoms with E-state index in [2.05, 4.69) is 4.98 Å². The van der Waals surface area contributed by atoms with Crippen LogP contribution in [0, 0.1) is 0 Å². The molecule has 0 atom stereocenters. The van der Waals surface area contributed by atoms with Crippen molar-refractivity contribution in [2.24, 2.45) is 0 Å². The van der Waals surface area contributed by atoms with Gasteiger partial charge in [0.25, 0.3) is 5.91 Å². The highest BCUT2D eigenvalue weighted by Crippen LogP contribution is 2.32. The molecule has 0 unspecified atom stereocenters. The molecule has 1 aliphatic rings. The molecule has 1 amide bonds. The van der Waals surface area contributed by atoms with E-state index in [4.69, 9.17) is 4.74 Å². The molecule has 0 saturated heterocycles. The average Bonchev–Trinajstić information content (AvgIpc) is 3.05. The van der Waals surface area contributed by atoms with Crippen LogP contribution in [0.1, 0.15) is 15.2 Å². The number of hydrogen-bond donors (Lipinski definition) is 1. The summed E-state index contributed by atoms with van der Waals surface area (Å²) in [5.41, 5.74) is 2.01. The fourth-order valence-corrected chi connectivity index (χ4v) is 3.37. The van der Waals surface area contributed by atoms with Crippen LogP contribution in [0.3, 0.4) is 0 Å². The van der Waals surface area contributed by atoms with Crippen molar-refractivity contribution in [2.75, 3.05) is 12.9 Å². The molecule has 0 spiro atoms. The molecular formula is C13H12N2O4S2. The lowest BCUT2D eigenvalue weighted by Crippen LogP contribution is -2.28. The van der Waals surface area contributed by atoms with Crippen LogP contribution in [0.5, 0.6) is 5.75 Å². The minimum absolute atomic E-state index is 0.257. The maximum Gasteiger partial charge on any atom is 0.276 e. The molecule has 1 aromatic carbocycles. The van der Waals surface area contributed by atoms with Gasteiger partial charge in [-0.1, -0.05) is 0 Å². The van der Waals surface area contributed by atoms with E-state index in [0.29, 0.717) is 11.6 Å². The van der Waals surface area contributed by atoms with Crippen molar-refractivity contribution in [1.29, 1.82) is 0 Å². The van der Waals surface area contributed by atoms with Crippen LogP contribution in [0.25, 0.3) is 10.6 Å². The van der Waals surface area contributed by atoms with Gasteiger partial charge in [0.05, 0.1) is 19.1 Å². The number of nitrogens with zero attached hydrogens (tertiary/aromatic N) is 1. The van der Waals surface area contributed by atoms with Gasteiger partial charge in [-0.2, -0.15) is 0 Å². The standard InChI is InChI=1S/C13H12N2O4S2/c1-21(17,18)15-12(16)11-7-14-13(20-11)9-2-3-10-8(6-9)4-5-19-10/h2-3,6-7H,4-5H2,1H3,(H,15,16). The normalized spacial score (nSPS) is 13.6. The molecule has 0 aliphatic carbocycles. The molecule has 0 fully saturated rings. The number of sulfonamides is 1. The van der Waals surface area contributed by atoms with Gasteiger partial charge in [-0.25, -0.2) is 18.1 Å². The van der Waals surface area contributed by atoms with Crippen LogP contribution in [0.2, 0.25) is 0 Å². The quantitative estimate of drug-likeness (QED) is 0.923. The number of aromatic nitrogens is 1. The van der Waals surface area contributed by atoms with E-state index in [1.54, 1.807) is 0 Å². The first-order chi connectivity index (χ1) is 9.92. The van der Waals surface area contributed by atoms with Gasteiger partial charge in [-0.3, -0.25) is 4.79 Å². The molecule has 6 nitrogen and oxygen atoms in total. The van der Waals surface area contributed by atoms with E-state index in [-0.39, 0.29) is 4.88 Å². The molecule has 2 heterocycles. The van der Waals surface area contributed by atoms with Crippen LogP contribution in [-0.2, 0) is 16.4 Å². The van der Waals surface area contributed by atoms with Gasteiger partial charge in [0.1, 0.15) is 15.6 Å². The largest absolute Gasteiger partial charge is 0.493 e. The Bertz CT molecular complexity index is 811. The van der Waals surface area contributed by atoms with Gasteiger partial charge < -0.3 is 4.74 Å². The minimum atomic E-state index is -3.57. The summed E-state index contributed by atoms with van der Waals surface area (Å²) in [6, 6.07) is 5.75. The second-order valence-corrected chi connectivity index (χ2v) is 7.43. The molecular weight excluding hydrogens is 312 g/mol. The van der Waals surface area contributed by atoms with E-state index in [1.807, 2.05) is 22.9 Å². The van der Waals surface area contributed by atoms with Gasteiger partial charge >= 0.3 is 0 Å². The lowest BCUT2D eigenvalue weighted by molar-refractivity contribution is 0.0985. The van der Waals surface area contributed by atoms with Gasteiger partial charge in [0, 0.05) is 12.0 Å². The monoisotopic (exact) mass is 324 g/mol. The maximum atomic E-state index is 11.8. The lowest BCUT2D eigenvalue weighted by Gasteiger charge is -2.01. The van der Waals surface area contributed by atoms with Crippen LogP contribution in [0.4, 0.5) is 0 Å². The molecule has 0 bridgehead atoms. The predicted molar refractivity (Wildman–Crippen MR) is 79.1 cm³/mol. The van der Waals surface area contributed by atoms with Crippen molar-refractivity contribution in [1.82, 2.24) is 9.71 Å². The zero-order valence-corrected chi connectivity index (χ0v) is 12.8. The first kappa shape index (κ1) is 14.0. The molecule has 21 heavy (non-hydrogen) atoms. The van der Waals surface area contributed by atoms with Gasteiger partial charge in [0.2, 0.25) is 10.0 Å². The van der Waals surface area contributed by atoms with Gasteiger partial charge in [-0.05, 0) is 23.8 Å². The Morgan fingerprint density at radius 1 is 1.43 bits per heavy atom. The number of carbonyl (C=O) groups excluding carboxylic acids is 1. The summed E-state index contributed by atoms with van der Waals surface area (Å²) in [5, 5.41) is 0.670. The molecule has 3 rings (SSSR count). The fourth-order valence-electron chi connectivity index (χ4n) is 2.05. The Hall–Kier alpha value is -1.93. The van der Waals surface area contributed by atoms with Crippen LogP contribution in [0.15, 0.2) is 24.4 Å². The van der Waals surface area contributed by atoms with Crippen molar-refractivity contribution in [2.45, 2.75) is 6.42 Å². The molecule has 1 aromatic heterocycles. The van der Waals surface area contributed by atoms with E-state index in [1.165, 1.54) is 6.20 Å². The Morgan fingerprint density at radius 2 is 2.24 bits per heavy atom. The summed E-state index contributed by atoms with van der Waals surface area (Å²) in [4.78, 5) is 16.2. The predicted octanol–water partition coefficient (Wildman–Crippen LogP) is 1.43. The number of thiazole rings is 1. The Kier molecular flexibility index (Phi) is 3.42. The summed E-state index contributed by atoms with van der Waals surface area (Å²) in [6.07, 6.45) is 3.17. The number of ether oxygens (including phenoxy) is 1. The van der Waals surface area contributed by atoms with E-state index in [9.17, 15) is 13.2 Å². The third-order valence-corrected chi connectivity index (χ3v) is 4.55. The van der Waals surface area contributed by atoms with E-state index < -0.39 is 15.9 Å². The topological polar surface area (TPSA) is 85.4 Å². The molecule has 8 heteroatoms. The smallest absolute Gasteiger partial charge is 0.276 e. The summed E-state index contributed by atoms with van der Waals surface area (Å²) in [6.45, 7) is 0.679. The summed E-state index contributed by atoms with van der Waals surface area (Å²) >= 11 is 1.15. The SMILES string of the molecule is CS(=O)(=O)NC(=O)c1cnc(-c2ccc3c(c2)CCO3)s1. The van der Waals surface area contributed by atoms with Crippen molar-refractivity contribution < 1.29 is 17.9 Å². The highest BCUT2D eigenvalue weighted by molar-refractivity contribution is 7.89. The lowest BCUT2D eigenvalue weighted by atomic mass is 10.1. The number of amides is 1. The molecule has 0 radical (unpaired) electrons. The highest BCUT2D eigenvalue weighted by atomic mass is 32.2. The summed E-state index contributed by atoms with van der Waals surface area (Å²) < 4.78 is 29.5. The van der Waals surface area contributed by atoms with Crippen molar-refractivity contribution in [3.8, 4) is 16.3 Å². The zero-order valence-electron chi connectivity index (χ0n) is 11.1. The molecule has 1 aliphatic heterocycles. The summed E-state index contributed by atoms with van der Waals surface area (Å²) in [7, 11) is -3.57. The van der Waals surface area contributed by atoms with Gasteiger partial charge in [0.15, 0.2) is 0 Å². The minimum Gasteiger partial charge on any atom is -0.493 e. The summed E-state index contributed by atoms with van der Waals surface area (Å²) in [5.74, 6) is 0.219. The third-order valence-electron chi connectivity index (χ3n) is 2.94. The second kappa shape index (κ2) is 5.12. The Morgan fingerprint density at radius 3 is 3.00 bits per heavy atom. The number of hydrogen-bond acceptors (Lipinski definition) is 6. The van der Waals surface area contributed by atoms with Crippen molar-refractivity contribution >= 4 is 27.3 Å². The van der Waals surface area contributed by atoms with E-state index in [0.717, 1.165) is 40.9 Å². The fraction of sp³-hybridized carbons (Fsp3) is 0.231. The molecule has 0 saturated carbocycles. The van der Waals surface area contributed by atoms with Crippen LogP contribution >= 0.6 is 11.3 Å². The molecule has 2 aromatic rings. The first-order valence-electron chi connectivity index (χ1n) is 6.16. The number of fused-ring (bicyclic) bond motifs is 1. The van der Waals surface area contributed by atoms with Gasteiger partial charge in [-0.15, -0.1) is 11.3 Å². The number of carbonyl (C=O) groups is 1. The van der Waals surface area contributed by atoms with Crippen LogP contribution in [-0.4, -0.2) is 32.2 Å². The van der Waals surface area contributed by atoms with E-state index >= 15 is 0 Å². The van der Waals surface area contributed by atoms with Crippen molar-refractivity contribution in [3.63, 3.8) is 0 Å². The number of rotatable bonds is 3. The Labute approximate surface area is 125 Å². The zero-order chi connectivity index (χ0) is 15.0. The second-order valence-electron chi connectivity index (χ2n) is 4.65. The van der Waals surface area contributed by atoms with Crippen LogP contribution < -0.4 is 9.46 Å². The molecule has 110 valence electrons. The third kappa shape index (κ3) is 3.06.